The van der Waals surface area contributed by atoms with Crippen molar-refractivity contribution in [1.29, 1.82) is 0 Å². The number of nitrogens with zero attached hydrogens (tertiary/aromatic N) is 4. The second-order valence-electron chi connectivity index (χ2n) is 5.56. The molecule has 2 heterocycles. The van der Waals surface area contributed by atoms with Gasteiger partial charge in [0.05, 0.1) is 0 Å². The van der Waals surface area contributed by atoms with E-state index in [9.17, 15) is 9.18 Å². The summed E-state index contributed by atoms with van der Waals surface area (Å²) in [5.74, 6) is -0.847. The molecule has 24 heavy (non-hydrogen) atoms. The maximum Gasteiger partial charge on any atom is 0.365 e. The Hall–Kier alpha value is -2.61. The fourth-order valence-electron chi connectivity index (χ4n) is 2.14. The number of aromatic carboxylic acids is 1. The lowest BCUT2D eigenvalue weighted by Crippen LogP contribution is -2.27. The molecule has 8 heteroatoms. The predicted octanol–water partition coefficient (Wildman–Crippen LogP) is 3.44. The van der Waals surface area contributed by atoms with Gasteiger partial charge in [-0.15, -0.1) is 0 Å². The van der Waals surface area contributed by atoms with Crippen LogP contribution >= 0.6 is 11.3 Å². The summed E-state index contributed by atoms with van der Waals surface area (Å²) in [7, 11) is 1.88. The van der Waals surface area contributed by atoms with Crippen molar-refractivity contribution < 1.29 is 14.3 Å². The standard InChI is InChI=1S/C16H15FN4O2S/c1-8(2)21(3)13-11(9-4-6-10(17)7-5-9)18-12-14(20-13)24-15(19-12)16(22)23/h4-8H,1-3H3,(H,22,23). The minimum atomic E-state index is -1.11. The molecule has 1 N–H and O–H groups in total. The zero-order valence-electron chi connectivity index (χ0n) is 13.3. The van der Waals surface area contributed by atoms with Gasteiger partial charge in [-0.1, -0.05) is 11.3 Å². The van der Waals surface area contributed by atoms with Crippen LogP contribution in [0.25, 0.3) is 21.7 Å². The molecule has 0 amide bonds. The van der Waals surface area contributed by atoms with Crippen LogP contribution in [0.3, 0.4) is 0 Å². The number of hydrogen-bond acceptors (Lipinski definition) is 6. The van der Waals surface area contributed by atoms with Crippen molar-refractivity contribution in [3.63, 3.8) is 0 Å². The first kappa shape index (κ1) is 16.3. The third-order valence-electron chi connectivity index (χ3n) is 3.64. The molecule has 6 nitrogen and oxygen atoms in total. The van der Waals surface area contributed by atoms with E-state index in [0.29, 0.717) is 21.9 Å². The maximum absolute atomic E-state index is 13.2. The molecule has 3 rings (SSSR count). The molecule has 0 saturated heterocycles. The van der Waals surface area contributed by atoms with Gasteiger partial charge in [0.2, 0.25) is 5.01 Å². The number of fused-ring (bicyclic) bond motifs is 1. The van der Waals surface area contributed by atoms with Gasteiger partial charge in [-0.05, 0) is 38.1 Å². The van der Waals surface area contributed by atoms with Gasteiger partial charge in [0.25, 0.3) is 0 Å². The largest absolute Gasteiger partial charge is 0.476 e. The summed E-state index contributed by atoms with van der Waals surface area (Å²) in [4.78, 5) is 26.6. The molecule has 0 bridgehead atoms. The fourth-order valence-corrected chi connectivity index (χ4v) is 2.86. The van der Waals surface area contributed by atoms with Crippen LogP contribution < -0.4 is 4.90 Å². The van der Waals surface area contributed by atoms with E-state index in [0.717, 1.165) is 11.3 Å². The molecule has 0 unspecified atom stereocenters. The zero-order chi connectivity index (χ0) is 17.4. The lowest BCUT2D eigenvalue weighted by molar-refractivity contribution is 0.0696. The molecule has 1 aromatic carbocycles. The van der Waals surface area contributed by atoms with Crippen LogP contribution in [0.4, 0.5) is 10.2 Å². The van der Waals surface area contributed by atoms with Gasteiger partial charge in [0, 0.05) is 18.7 Å². The average molecular weight is 346 g/mol. The second-order valence-corrected chi connectivity index (χ2v) is 6.54. The van der Waals surface area contributed by atoms with E-state index in [1.807, 2.05) is 25.8 Å². The van der Waals surface area contributed by atoms with Gasteiger partial charge < -0.3 is 10.0 Å². The lowest BCUT2D eigenvalue weighted by atomic mass is 10.1. The summed E-state index contributed by atoms with van der Waals surface area (Å²) < 4.78 is 13.2. The van der Waals surface area contributed by atoms with E-state index < -0.39 is 5.97 Å². The Morgan fingerprint density at radius 3 is 2.46 bits per heavy atom. The Morgan fingerprint density at radius 1 is 1.21 bits per heavy atom. The molecule has 0 fully saturated rings. The van der Waals surface area contributed by atoms with E-state index in [1.165, 1.54) is 12.1 Å². The van der Waals surface area contributed by atoms with Crippen LogP contribution in [0.15, 0.2) is 24.3 Å². The highest BCUT2D eigenvalue weighted by molar-refractivity contribution is 7.19. The number of hydrogen-bond donors (Lipinski definition) is 1. The molecule has 0 atom stereocenters. The van der Waals surface area contributed by atoms with Gasteiger partial charge >= 0.3 is 5.97 Å². The summed E-state index contributed by atoms with van der Waals surface area (Å²) in [6, 6.07) is 6.09. The SMILES string of the molecule is CC(C)N(C)c1nc2sc(C(=O)O)nc2nc1-c1ccc(F)cc1. The smallest absolute Gasteiger partial charge is 0.365 e. The van der Waals surface area contributed by atoms with Crippen molar-refractivity contribution in [2.45, 2.75) is 19.9 Å². The minimum Gasteiger partial charge on any atom is -0.476 e. The van der Waals surface area contributed by atoms with Crippen LogP contribution in [-0.2, 0) is 0 Å². The van der Waals surface area contributed by atoms with Gasteiger partial charge in [0.1, 0.15) is 11.5 Å². The van der Waals surface area contributed by atoms with E-state index in [-0.39, 0.29) is 22.5 Å². The topological polar surface area (TPSA) is 79.2 Å². The van der Waals surface area contributed by atoms with E-state index >= 15 is 0 Å². The van der Waals surface area contributed by atoms with Crippen LogP contribution in [0, 0.1) is 5.82 Å². The molecule has 124 valence electrons. The van der Waals surface area contributed by atoms with Crippen molar-refractivity contribution in [2.24, 2.45) is 0 Å². The highest BCUT2D eigenvalue weighted by Gasteiger charge is 2.20. The Labute approximate surface area is 141 Å². The first-order valence-electron chi connectivity index (χ1n) is 7.27. The third kappa shape index (κ3) is 2.92. The van der Waals surface area contributed by atoms with Crippen molar-refractivity contribution in [1.82, 2.24) is 15.0 Å². The van der Waals surface area contributed by atoms with E-state index in [2.05, 4.69) is 15.0 Å². The summed E-state index contributed by atoms with van der Waals surface area (Å²) in [6.07, 6.45) is 0. The van der Waals surface area contributed by atoms with Crippen LogP contribution in [0.2, 0.25) is 0 Å². The molecule has 3 aromatic rings. The Balaban J connectivity index is 2.25. The number of carbonyl (C=O) groups is 1. The molecule has 0 radical (unpaired) electrons. The molecule has 0 spiro atoms. The van der Waals surface area contributed by atoms with E-state index in [4.69, 9.17) is 5.11 Å². The molecule has 0 saturated carbocycles. The number of carboxylic acid groups (broad SMARTS) is 1. The summed E-state index contributed by atoms with van der Waals surface area (Å²) in [6.45, 7) is 4.02. The normalized spacial score (nSPS) is 11.2. The number of anilines is 1. The number of thiazole rings is 1. The highest BCUT2D eigenvalue weighted by atomic mass is 32.1. The quantitative estimate of drug-likeness (QED) is 0.780. The number of rotatable bonds is 4. The lowest BCUT2D eigenvalue weighted by Gasteiger charge is -2.24. The first-order chi connectivity index (χ1) is 11.4. The zero-order valence-corrected chi connectivity index (χ0v) is 14.1. The van der Waals surface area contributed by atoms with Crippen LogP contribution in [-0.4, -0.2) is 39.1 Å². The average Bonchev–Trinajstić information content (AvgIpc) is 2.97. The monoisotopic (exact) mass is 346 g/mol. The number of aromatic nitrogens is 3. The molecular formula is C16H15FN4O2S. The third-order valence-corrected chi connectivity index (χ3v) is 4.56. The van der Waals surface area contributed by atoms with E-state index in [1.54, 1.807) is 12.1 Å². The number of halogens is 1. The second kappa shape index (κ2) is 6.12. The van der Waals surface area contributed by atoms with Crippen LogP contribution in [0.5, 0.6) is 0 Å². The molecular weight excluding hydrogens is 331 g/mol. The minimum absolute atomic E-state index is 0.0561. The Bertz CT molecular complexity index is 908. The van der Waals surface area contributed by atoms with Crippen molar-refractivity contribution in [2.75, 3.05) is 11.9 Å². The van der Waals surface area contributed by atoms with Gasteiger partial charge in [-0.2, -0.15) is 0 Å². The predicted molar refractivity (Wildman–Crippen MR) is 91.1 cm³/mol. The van der Waals surface area contributed by atoms with Gasteiger partial charge in [-0.3, -0.25) is 0 Å². The highest BCUT2D eigenvalue weighted by Crippen LogP contribution is 2.31. The van der Waals surface area contributed by atoms with Crippen molar-refractivity contribution >= 4 is 33.6 Å². The Morgan fingerprint density at radius 2 is 1.88 bits per heavy atom. The van der Waals surface area contributed by atoms with Crippen molar-refractivity contribution in [3.8, 4) is 11.3 Å². The Kier molecular flexibility index (Phi) is 4.15. The number of carboxylic acids is 1. The maximum atomic E-state index is 13.2. The van der Waals surface area contributed by atoms with Gasteiger partial charge in [-0.25, -0.2) is 24.1 Å². The molecule has 2 aromatic heterocycles. The molecule has 0 aliphatic rings. The fraction of sp³-hybridized carbons (Fsp3) is 0.250. The molecule has 0 aliphatic heterocycles. The summed E-state index contributed by atoms with van der Waals surface area (Å²) >= 11 is 0.984. The van der Waals surface area contributed by atoms with Crippen LogP contribution in [0.1, 0.15) is 23.6 Å². The summed E-state index contributed by atoms with van der Waals surface area (Å²) in [5.41, 5.74) is 1.51. The van der Waals surface area contributed by atoms with Gasteiger partial charge in [0.15, 0.2) is 16.3 Å². The summed E-state index contributed by atoms with van der Waals surface area (Å²) in [5, 5.41) is 9.05. The number of benzene rings is 1. The van der Waals surface area contributed by atoms with Crippen molar-refractivity contribution in [3.05, 3.63) is 35.1 Å². The first-order valence-corrected chi connectivity index (χ1v) is 8.09. The molecule has 0 aliphatic carbocycles.